The molecule has 0 saturated carbocycles. The van der Waals surface area contributed by atoms with E-state index in [1.807, 2.05) is 24.3 Å². The van der Waals surface area contributed by atoms with E-state index in [9.17, 15) is 0 Å². The van der Waals surface area contributed by atoms with Crippen molar-refractivity contribution in [3.05, 3.63) is 437 Å². The van der Waals surface area contributed by atoms with Crippen LogP contribution in [0.4, 0.5) is 68.2 Å². The summed E-state index contributed by atoms with van der Waals surface area (Å²) in [5.41, 5.74) is 25.3. The highest BCUT2D eigenvalue weighted by Gasteiger charge is 2.29. The Hall–Kier alpha value is -16.2. The fourth-order valence-electron chi connectivity index (χ4n) is 18.2. The number of fused-ring (bicyclic) bond motifs is 14. The van der Waals surface area contributed by atoms with E-state index in [0.29, 0.717) is 0 Å². The predicted molar refractivity (Wildman–Crippen MR) is 498 cm³/mol. The van der Waals surface area contributed by atoms with E-state index in [0.717, 1.165) is 212 Å². The first-order valence-corrected chi connectivity index (χ1v) is 40.7. The normalized spacial score (nSPS) is 11.8. The maximum absolute atomic E-state index is 6.86. The van der Waals surface area contributed by atoms with Gasteiger partial charge >= 0.3 is 0 Å². The summed E-state index contributed by atoms with van der Waals surface area (Å²) in [6.07, 6.45) is 0. The molecule has 120 heavy (non-hydrogen) atoms. The summed E-state index contributed by atoms with van der Waals surface area (Å²) in [7, 11) is 0. The molecule has 0 N–H and O–H groups in total. The van der Waals surface area contributed by atoms with Crippen LogP contribution < -0.4 is 29.1 Å². The van der Waals surface area contributed by atoms with Crippen molar-refractivity contribution < 1.29 is 18.3 Å². The summed E-state index contributed by atoms with van der Waals surface area (Å²) >= 11 is 0. The van der Waals surface area contributed by atoms with Crippen LogP contribution in [0.25, 0.3) is 131 Å². The zero-order valence-electron chi connectivity index (χ0n) is 65.0. The van der Waals surface area contributed by atoms with Crippen LogP contribution in [0.2, 0.25) is 0 Å². The Kier molecular flexibility index (Phi) is 16.7. The summed E-state index contributed by atoms with van der Waals surface area (Å²) in [5, 5.41) is 13.6. The van der Waals surface area contributed by atoms with Gasteiger partial charge in [-0.3, -0.25) is 0 Å². The van der Waals surface area contributed by atoms with E-state index < -0.39 is 0 Å². The van der Waals surface area contributed by atoms with Gasteiger partial charge in [0, 0.05) is 130 Å². The molecule has 0 fully saturated rings. The van der Waals surface area contributed by atoms with Gasteiger partial charge in [-0.25, -0.2) is 0 Å². The number of hydrogen-bond acceptors (Lipinski definition) is 8. The zero-order valence-corrected chi connectivity index (χ0v) is 65.0. The van der Waals surface area contributed by atoms with Crippen LogP contribution in [-0.4, -0.2) is 0 Å². The van der Waals surface area contributed by atoms with Crippen molar-refractivity contribution in [1.82, 2.24) is 0 Å². The molecule has 24 rings (SSSR count). The van der Waals surface area contributed by atoms with Crippen molar-refractivity contribution >= 4 is 155 Å². The van der Waals surface area contributed by atoms with Gasteiger partial charge < -0.3 is 37.9 Å². The molecule has 2 aliphatic rings. The third-order valence-electron chi connectivity index (χ3n) is 23.6. The smallest absolute Gasteiger partial charge is 0.137 e. The average molecular weight is 1540 g/mol. The van der Waals surface area contributed by atoms with Crippen molar-refractivity contribution in [3.8, 4) is 67.5 Å². The Morgan fingerprint density at radius 1 is 0.158 bits per heavy atom. The first-order chi connectivity index (χ1) is 59.5. The van der Waals surface area contributed by atoms with Crippen molar-refractivity contribution in [2.45, 2.75) is 0 Å². The second kappa shape index (κ2) is 29.0. The monoisotopic (exact) mass is 1540 g/mol. The van der Waals surface area contributed by atoms with Crippen molar-refractivity contribution in [3.63, 3.8) is 0 Å². The van der Waals surface area contributed by atoms with Crippen LogP contribution in [0.1, 0.15) is 0 Å². The molecular formula is C112H72N4O4. The summed E-state index contributed by atoms with van der Waals surface area (Å²) in [5.74, 6) is 3.39. The maximum atomic E-state index is 6.86. The van der Waals surface area contributed by atoms with Crippen LogP contribution in [0, 0.1) is 0 Å². The van der Waals surface area contributed by atoms with Crippen molar-refractivity contribution in [2.24, 2.45) is 0 Å². The summed E-state index contributed by atoms with van der Waals surface area (Å²) in [6, 6.07) is 155. The highest BCUT2D eigenvalue weighted by Crippen LogP contribution is 2.55. The van der Waals surface area contributed by atoms with Crippen LogP contribution in [0.15, 0.2) is 446 Å². The topological polar surface area (TPSA) is 57.7 Å². The van der Waals surface area contributed by atoms with Crippen LogP contribution in [-0.2, 0) is 0 Å². The fraction of sp³-hybridized carbons (Fsp3) is 0. The molecule has 8 heteroatoms. The van der Waals surface area contributed by atoms with Crippen molar-refractivity contribution in [1.29, 1.82) is 0 Å². The van der Waals surface area contributed by atoms with Gasteiger partial charge in [0.15, 0.2) is 0 Å². The Labute approximate surface area is 692 Å². The average Bonchev–Trinajstić information content (AvgIpc) is 0.934. The molecule has 0 saturated heterocycles. The summed E-state index contributed by atoms with van der Waals surface area (Å²) in [4.78, 5) is 9.30. The molecule has 2 aromatic heterocycles. The Balaban J connectivity index is 0.000000140. The van der Waals surface area contributed by atoms with Gasteiger partial charge in [-0.1, -0.05) is 243 Å². The first-order valence-electron chi connectivity index (χ1n) is 40.7. The number of para-hydroxylation sites is 8. The number of ether oxygens (including phenoxy) is 2. The molecular weight excluding hydrogens is 1470 g/mol. The Bertz CT molecular complexity index is 7660. The lowest BCUT2D eigenvalue weighted by atomic mass is 9.90. The molecule has 0 atom stereocenters. The number of anilines is 12. The number of benzene rings is 20. The Morgan fingerprint density at radius 2 is 0.492 bits per heavy atom. The molecule has 0 spiro atoms. The van der Waals surface area contributed by atoms with Gasteiger partial charge in [0.25, 0.3) is 0 Å². The highest BCUT2D eigenvalue weighted by atomic mass is 16.5. The van der Waals surface area contributed by atoms with E-state index >= 15 is 0 Å². The van der Waals surface area contributed by atoms with E-state index in [1.165, 1.54) is 11.1 Å². The third kappa shape index (κ3) is 12.0. The van der Waals surface area contributed by atoms with Gasteiger partial charge in [-0.2, -0.15) is 0 Å². The number of rotatable bonds is 14. The lowest BCUT2D eigenvalue weighted by Crippen LogP contribution is -2.11. The SMILES string of the molecule is c1ccc(-c2ccccc2N(c2ccc3c(c2)oc2ccccc23)c2ccc3cc4c5c(cccc5c3c2)Oc2cc(N(c3ccccc3)c3ccccc3)ccc2-4)cc1.c1ccc(-c2ccccc2N(c2ccc3cc4c5c(cccc5c3c2)Oc2cc(N(c3ccccc3)c3ccccc3)ccc2-4)c2ccc3oc4ccccc4c3c2)cc1. The number of hydrogen-bond donors (Lipinski definition) is 0. The standard InChI is InChI=1S/2C56H36N2O2/c1-4-15-37(16-5-1)44-21-10-12-24-51(44)58(43-30-31-46-45-22-11-13-25-52(45)59-54(46)36-43)41-28-27-38-33-50-47-32-29-42(57(39-17-6-2-7-18-39)40-19-8-3-9-20-40)35-55(47)60-53-26-14-23-48(56(50)53)49(38)34-41;1-4-15-37(16-5-1)44-21-10-12-24-51(44)58(42-30-32-53-49(35-42)45-22-11-13-25-52(45)59-53)41-28-27-38-33-50-46-31-29-43(57(39-17-6-2-7-18-39)40-19-8-3-9-20-40)36-55(46)60-54-26-14-23-47(56(50)54)48(38)34-41/h2*1-36H. The molecule has 4 heterocycles. The summed E-state index contributed by atoms with van der Waals surface area (Å²) in [6.45, 7) is 0. The van der Waals surface area contributed by atoms with E-state index in [2.05, 4.69) is 432 Å². The molecule has 564 valence electrons. The lowest BCUT2D eigenvalue weighted by molar-refractivity contribution is 0.487. The second-order valence-corrected chi connectivity index (χ2v) is 30.6. The molecule has 20 aromatic carbocycles. The molecule has 2 aliphatic heterocycles. The van der Waals surface area contributed by atoms with Gasteiger partial charge in [0.05, 0.1) is 11.4 Å². The second-order valence-electron chi connectivity index (χ2n) is 30.6. The van der Waals surface area contributed by atoms with Crippen LogP contribution >= 0.6 is 0 Å². The quantitative estimate of drug-likeness (QED) is 0.0999. The van der Waals surface area contributed by atoms with Crippen LogP contribution in [0.5, 0.6) is 23.0 Å². The molecule has 22 aromatic rings. The van der Waals surface area contributed by atoms with Gasteiger partial charge in [0.2, 0.25) is 0 Å². The minimum Gasteiger partial charge on any atom is -0.456 e. The minimum atomic E-state index is 0.838. The van der Waals surface area contributed by atoms with E-state index in [-0.39, 0.29) is 0 Å². The van der Waals surface area contributed by atoms with Crippen LogP contribution in [0.3, 0.4) is 0 Å². The molecule has 0 amide bonds. The van der Waals surface area contributed by atoms with Gasteiger partial charge in [-0.15, -0.1) is 0 Å². The molecule has 0 bridgehead atoms. The first kappa shape index (κ1) is 69.4. The summed E-state index contributed by atoms with van der Waals surface area (Å²) < 4.78 is 26.5. The molecule has 8 nitrogen and oxygen atoms in total. The highest BCUT2D eigenvalue weighted by molar-refractivity contribution is 6.20. The predicted octanol–water partition coefficient (Wildman–Crippen LogP) is 32.5. The minimum absolute atomic E-state index is 0.838. The van der Waals surface area contributed by atoms with Gasteiger partial charge in [-0.05, 0) is 230 Å². The molecule has 0 radical (unpaired) electrons. The fourth-order valence-corrected chi connectivity index (χ4v) is 18.2. The van der Waals surface area contributed by atoms with E-state index in [4.69, 9.17) is 18.3 Å². The number of nitrogens with zero attached hydrogens (tertiary/aromatic N) is 4. The third-order valence-corrected chi connectivity index (χ3v) is 23.6. The maximum Gasteiger partial charge on any atom is 0.137 e. The lowest BCUT2D eigenvalue weighted by Gasteiger charge is -2.29. The van der Waals surface area contributed by atoms with E-state index in [1.54, 1.807) is 0 Å². The largest absolute Gasteiger partial charge is 0.456 e. The zero-order chi connectivity index (χ0) is 79.1. The van der Waals surface area contributed by atoms with Crippen molar-refractivity contribution in [2.75, 3.05) is 19.6 Å². The molecule has 0 aliphatic carbocycles. The number of furan rings is 2. The molecule has 0 unspecified atom stereocenters. The van der Waals surface area contributed by atoms with Gasteiger partial charge in [0.1, 0.15) is 45.3 Å². The Morgan fingerprint density at radius 3 is 0.958 bits per heavy atom.